The zero-order valence-electron chi connectivity index (χ0n) is 21.3. The minimum absolute atomic E-state index is 0.0550. The Bertz CT molecular complexity index is 1360. The lowest BCUT2D eigenvalue weighted by molar-refractivity contribution is 0.210. The molecule has 3 aromatic heterocycles. The van der Waals surface area contributed by atoms with Crippen molar-refractivity contribution in [2.45, 2.75) is 64.3 Å². The van der Waals surface area contributed by atoms with Gasteiger partial charge in [0, 0.05) is 23.3 Å². The van der Waals surface area contributed by atoms with E-state index in [1.165, 1.54) is 29.8 Å². The highest BCUT2D eigenvalue weighted by Crippen LogP contribution is 2.43. The number of ether oxygens (including phenoxy) is 1. The van der Waals surface area contributed by atoms with Crippen LogP contribution in [-0.4, -0.2) is 20.8 Å². The molecular formula is C30H32N4O2S. The lowest BCUT2D eigenvalue weighted by atomic mass is 9.96. The van der Waals surface area contributed by atoms with Crippen molar-refractivity contribution in [3.8, 4) is 5.75 Å². The van der Waals surface area contributed by atoms with E-state index in [1.54, 1.807) is 6.26 Å². The van der Waals surface area contributed by atoms with E-state index in [2.05, 4.69) is 65.0 Å². The van der Waals surface area contributed by atoms with Crippen LogP contribution in [0.4, 0.5) is 5.69 Å². The standard InChI is InChI=1S/C30H32N4O2S/c1-20-18-26(21(2)33(20)19-25-10-7-17-35-25)29-28(27-11-5-6-16-31-27)32-30(37)34(29)22-12-14-24(15-13-22)36-23-8-3-4-9-23/h5-7,10-18,23,28-29H,3-4,8-9,19H2,1-2H3,(H,32,37). The average Bonchev–Trinajstić information content (AvgIpc) is 3.72. The summed E-state index contributed by atoms with van der Waals surface area (Å²) in [5.41, 5.74) is 5.60. The Morgan fingerprint density at radius 3 is 2.57 bits per heavy atom. The van der Waals surface area contributed by atoms with Gasteiger partial charge >= 0.3 is 0 Å². The van der Waals surface area contributed by atoms with Crippen LogP contribution in [-0.2, 0) is 6.54 Å². The number of aromatic nitrogens is 2. The van der Waals surface area contributed by atoms with Gasteiger partial charge in [-0.05, 0) is 112 Å². The summed E-state index contributed by atoms with van der Waals surface area (Å²) in [6.45, 7) is 5.02. The highest BCUT2D eigenvalue weighted by atomic mass is 32.1. The van der Waals surface area contributed by atoms with Crippen LogP contribution in [0, 0.1) is 13.8 Å². The van der Waals surface area contributed by atoms with Crippen molar-refractivity contribution in [3.05, 3.63) is 102 Å². The molecule has 1 saturated heterocycles. The molecule has 4 aromatic rings. The molecule has 190 valence electrons. The SMILES string of the molecule is Cc1cc(C2C(c3ccccn3)NC(=S)N2c2ccc(OC3CCCC3)cc2)c(C)n1Cc1ccco1. The molecule has 4 heterocycles. The summed E-state index contributed by atoms with van der Waals surface area (Å²) >= 11 is 5.94. The minimum atomic E-state index is -0.0827. The number of anilines is 1. The maximum Gasteiger partial charge on any atom is 0.174 e. The zero-order chi connectivity index (χ0) is 25.4. The number of benzene rings is 1. The third-order valence-corrected chi connectivity index (χ3v) is 7.96. The number of hydrogen-bond donors (Lipinski definition) is 1. The summed E-state index contributed by atoms with van der Waals surface area (Å²) in [6, 6.07) is 20.5. The third-order valence-electron chi connectivity index (χ3n) is 7.64. The Hall–Kier alpha value is -3.58. The molecule has 2 atom stereocenters. The first kappa shape index (κ1) is 23.8. The number of furan rings is 1. The van der Waals surface area contributed by atoms with Gasteiger partial charge in [0.1, 0.15) is 11.5 Å². The second kappa shape index (κ2) is 10.1. The van der Waals surface area contributed by atoms with E-state index in [4.69, 9.17) is 26.4 Å². The molecule has 1 N–H and O–H groups in total. The topological polar surface area (TPSA) is 55.5 Å². The second-order valence-electron chi connectivity index (χ2n) is 10.0. The van der Waals surface area contributed by atoms with E-state index in [9.17, 15) is 0 Å². The van der Waals surface area contributed by atoms with Gasteiger partial charge < -0.3 is 23.9 Å². The van der Waals surface area contributed by atoms with Crippen molar-refractivity contribution in [2.24, 2.45) is 0 Å². The predicted octanol–water partition coefficient (Wildman–Crippen LogP) is 6.64. The minimum Gasteiger partial charge on any atom is -0.490 e. The second-order valence-corrected chi connectivity index (χ2v) is 10.4. The van der Waals surface area contributed by atoms with Gasteiger partial charge in [0.2, 0.25) is 0 Å². The monoisotopic (exact) mass is 512 g/mol. The maximum atomic E-state index is 6.22. The maximum absolute atomic E-state index is 6.22. The zero-order valence-corrected chi connectivity index (χ0v) is 22.1. The highest BCUT2D eigenvalue weighted by Gasteiger charge is 2.42. The van der Waals surface area contributed by atoms with Crippen molar-refractivity contribution in [2.75, 3.05) is 4.90 Å². The summed E-state index contributed by atoms with van der Waals surface area (Å²) in [5, 5.41) is 4.27. The van der Waals surface area contributed by atoms with Crippen LogP contribution in [0.5, 0.6) is 5.75 Å². The fraction of sp³-hybridized carbons (Fsp3) is 0.333. The summed E-state index contributed by atoms with van der Waals surface area (Å²) < 4.78 is 14.2. The number of aryl methyl sites for hydroxylation is 1. The fourth-order valence-corrected chi connectivity index (χ4v) is 6.11. The van der Waals surface area contributed by atoms with Gasteiger partial charge in [-0.1, -0.05) is 6.07 Å². The van der Waals surface area contributed by atoms with Gasteiger partial charge in [-0.3, -0.25) is 4.98 Å². The molecule has 1 aliphatic heterocycles. The summed E-state index contributed by atoms with van der Waals surface area (Å²) in [5.74, 6) is 1.85. The number of pyridine rings is 1. The van der Waals surface area contributed by atoms with Gasteiger partial charge in [-0.2, -0.15) is 0 Å². The molecular weight excluding hydrogens is 480 g/mol. The normalized spacial score (nSPS) is 19.9. The molecule has 2 fully saturated rings. The summed E-state index contributed by atoms with van der Waals surface area (Å²) in [4.78, 5) is 6.93. The number of rotatable bonds is 7. The quantitative estimate of drug-likeness (QED) is 0.280. The molecule has 0 bridgehead atoms. The Morgan fingerprint density at radius 2 is 1.86 bits per heavy atom. The number of nitrogens with zero attached hydrogens (tertiary/aromatic N) is 3. The van der Waals surface area contributed by atoms with Crippen molar-refractivity contribution in [3.63, 3.8) is 0 Å². The molecule has 7 heteroatoms. The first-order valence-electron chi connectivity index (χ1n) is 13.0. The molecule has 2 aliphatic rings. The number of hydrogen-bond acceptors (Lipinski definition) is 4. The predicted molar refractivity (Wildman–Crippen MR) is 149 cm³/mol. The van der Waals surface area contributed by atoms with E-state index in [0.717, 1.165) is 35.7 Å². The van der Waals surface area contributed by atoms with Crippen LogP contribution < -0.4 is 15.0 Å². The first-order chi connectivity index (χ1) is 18.1. The Kier molecular flexibility index (Phi) is 6.47. The molecule has 1 saturated carbocycles. The van der Waals surface area contributed by atoms with Crippen LogP contribution in [0.2, 0.25) is 0 Å². The number of thiocarbonyl (C=S) groups is 1. The van der Waals surface area contributed by atoms with Gasteiger partial charge in [0.25, 0.3) is 0 Å². The van der Waals surface area contributed by atoms with E-state index in [1.807, 2.05) is 30.5 Å². The first-order valence-corrected chi connectivity index (χ1v) is 13.5. The summed E-state index contributed by atoms with van der Waals surface area (Å²) in [6.07, 6.45) is 8.70. The van der Waals surface area contributed by atoms with Gasteiger partial charge in [-0.25, -0.2) is 0 Å². The number of nitrogens with one attached hydrogen (secondary N) is 1. The van der Waals surface area contributed by atoms with Crippen molar-refractivity contribution >= 4 is 23.0 Å². The molecule has 2 unspecified atom stereocenters. The largest absolute Gasteiger partial charge is 0.490 e. The molecule has 0 amide bonds. The Balaban J connectivity index is 1.37. The van der Waals surface area contributed by atoms with Gasteiger partial charge in [-0.15, -0.1) is 0 Å². The summed E-state index contributed by atoms with van der Waals surface area (Å²) in [7, 11) is 0. The lowest BCUT2D eigenvalue weighted by Crippen LogP contribution is -2.29. The van der Waals surface area contributed by atoms with Crippen molar-refractivity contribution in [1.82, 2.24) is 14.9 Å². The average molecular weight is 513 g/mol. The molecule has 6 nitrogen and oxygen atoms in total. The van der Waals surface area contributed by atoms with Crippen LogP contribution in [0.15, 0.2) is 77.5 Å². The lowest BCUT2D eigenvalue weighted by Gasteiger charge is -2.28. The third kappa shape index (κ3) is 4.64. The molecule has 6 rings (SSSR count). The highest BCUT2D eigenvalue weighted by molar-refractivity contribution is 7.80. The molecule has 1 aliphatic carbocycles. The van der Waals surface area contributed by atoms with Gasteiger partial charge in [0.05, 0.1) is 36.7 Å². The van der Waals surface area contributed by atoms with E-state index in [0.29, 0.717) is 17.8 Å². The van der Waals surface area contributed by atoms with Crippen LogP contribution in [0.3, 0.4) is 0 Å². The smallest absolute Gasteiger partial charge is 0.174 e. The fourth-order valence-electron chi connectivity index (χ4n) is 5.76. The van der Waals surface area contributed by atoms with E-state index < -0.39 is 0 Å². The molecule has 0 radical (unpaired) electrons. The van der Waals surface area contributed by atoms with Crippen molar-refractivity contribution < 1.29 is 9.15 Å². The Labute approximate surface area is 223 Å². The van der Waals surface area contributed by atoms with Crippen molar-refractivity contribution in [1.29, 1.82) is 0 Å². The van der Waals surface area contributed by atoms with E-state index in [-0.39, 0.29) is 12.1 Å². The molecule has 1 aromatic carbocycles. The Morgan fingerprint density at radius 1 is 1.05 bits per heavy atom. The van der Waals surface area contributed by atoms with E-state index >= 15 is 0 Å². The van der Waals surface area contributed by atoms with Gasteiger partial charge in [0.15, 0.2) is 5.11 Å². The molecule has 0 spiro atoms. The van der Waals surface area contributed by atoms with Crippen LogP contribution in [0.1, 0.15) is 66.2 Å². The van der Waals surface area contributed by atoms with Crippen LogP contribution >= 0.6 is 12.2 Å². The van der Waals surface area contributed by atoms with Crippen LogP contribution in [0.25, 0.3) is 0 Å². The molecule has 37 heavy (non-hydrogen) atoms.